The second-order valence-electron chi connectivity index (χ2n) is 6.44. The summed E-state index contributed by atoms with van der Waals surface area (Å²) in [6.07, 6.45) is 3.92. The van der Waals surface area contributed by atoms with E-state index >= 15 is 0 Å². The minimum Gasteiger partial charge on any atom is -0.390 e. The number of benzene rings is 1. The van der Waals surface area contributed by atoms with Crippen molar-refractivity contribution < 1.29 is 19.3 Å². The van der Waals surface area contributed by atoms with Gasteiger partial charge in [0.2, 0.25) is 0 Å². The summed E-state index contributed by atoms with van der Waals surface area (Å²) in [5.41, 5.74) is 1.21. The Balaban J connectivity index is 1.21. The summed E-state index contributed by atoms with van der Waals surface area (Å²) < 4.78 is 16.7. The van der Waals surface area contributed by atoms with E-state index in [1.54, 1.807) is 0 Å². The SMILES string of the molecule is O[C@H]1C[C@@H]([C@H]2CO2)O[C@H]1CC#CCCCCOCc1ccccc1. The van der Waals surface area contributed by atoms with Crippen LogP contribution in [0.3, 0.4) is 0 Å². The van der Waals surface area contributed by atoms with Crippen molar-refractivity contribution in [1.82, 2.24) is 0 Å². The Labute approximate surface area is 144 Å². The van der Waals surface area contributed by atoms with Crippen molar-refractivity contribution in [3.8, 4) is 11.8 Å². The zero-order valence-corrected chi connectivity index (χ0v) is 14.0. The van der Waals surface area contributed by atoms with Crippen LogP contribution < -0.4 is 0 Å². The number of hydrogen-bond acceptors (Lipinski definition) is 4. The fourth-order valence-electron chi connectivity index (χ4n) is 2.90. The molecular weight excluding hydrogens is 304 g/mol. The molecular formula is C20H26O4. The fraction of sp³-hybridized carbons (Fsp3) is 0.600. The maximum Gasteiger partial charge on any atom is 0.107 e. The second kappa shape index (κ2) is 9.19. The van der Waals surface area contributed by atoms with Gasteiger partial charge in [0, 0.05) is 25.9 Å². The van der Waals surface area contributed by atoms with Crippen molar-refractivity contribution in [2.45, 2.75) is 63.1 Å². The lowest BCUT2D eigenvalue weighted by atomic mass is 10.1. The average Bonchev–Trinajstić information content (AvgIpc) is 3.38. The van der Waals surface area contributed by atoms with Crippen LogP contribution in [0.25, 0.3) is 0 Å². The van der Waals surface area contributed by atoms with Crippen LogP contribution in [0.15, 0.2) is 30.3 Å². The van der Waals surface area contributed by atoms with Crippen LogP contribution in [0.2, 0.25) is 0 Å². The lowest BCUT2D eigenvalue weighted by Crippen LogP contribution is -2.20. The molecule has 0 radical (unpaired) electrons. The Hall–Kier alpha value is -1.38. The smallest absolute Gasteiger partial charge is 0.107 e. The average molecular weight is 330 g/mol. The summed E-state index contributed by atoms with van der Waals surface area (Å²) in [6, 6.07) is 10.2. The summed E-state index contributed by atoms with van der Waals surface area (Å²) in [6.45, 7) is 2.21. The van der Waals surface area contributed by atoms with Gasteiger partial charge >= 0.3 is 0 Å². The van der Waals surface area contributed by atoms with Crippen LogP contribution in [-0.2, 0) is 20.8 Å². The van der Waals surface area contributed by atoms with Crippen molar-refractivity contribution in [3.05, 3.63) is 35.9 Å². The first-order valence-corrected chi connectivity index (χ1v) is 8.85. The third-order valence-corrected chi connectivity index (χ3v) is 4.41. The number of epoxide rings is 1. The number of hydrogen-bond donors (Lipinski definition) is 1. The van der Waals surface area contributed by atoms with E-state index in [0.29, 0.717) is 19.4 Å². The summed E-state index contributed by atoms with van der Waals surface area (Å²) >= 11 is 0. The molecule has 2 fully saturated rings. The molecule has 24 heavy (non-hydrogen) atoms. The van der Waals surface area contributed by atoms with Crippen molar-refractivity contribution >= 4 is 0 Å². The van der Waals surface area contributed by atoms with E-state index in [4.69, 9.17) is 14.2 Å². The minimum absolute atomic E-state index is 0.0635. The predicted molar refractivity (Wildman–Crippen MR) is 91.4 cm³/mol. The number of rotatable bonds is 8. The van der Waals surface area contributed by atoms with E-state index in [2.05, 4.69) is 24.0 Å². The highest BCUT2D eigenvalue weighted by atomic mass is 16.6. The lowest BCUT2D eigenvalue weighted by molar-refractivity contribution is 0.00442. The first-order chi connectivity index (χ1) is 11.8. The largest absolute Gasteiger partial charge is 0.390 e. The highest BCUT2D eigenvalue weighted by molar-refractivity contribution is 5.13. The molecule has 2 heterocycles. The van der Waals surface area contributed by atoms with Crippen molar-refractivity contribution in [2.24, 2.45) is 0 Å². The van der Waals surface area contributed by atoms with E-state index in [0.717, 1.165) is 32.5 Å². The van der Waals surface area contributed by atoms with Crippen molar-refractivity contribution in [2.75, 3.05) is 13.2 Å². The number of ether oxygens (including phenoxy) is 3. The lowest BCUT2D eigenvalue weighted by Gasteiger charge is -2.10. The molecule has 1 aromatic carbocycles. The first-order valence-electron chi connectivity index (χ1n) is 8.85. The molecule has 1 N–H and O–H groups in total. The summed E-state index contributed by atoms with van der Waals surface area (Å²) in [5, 5.41) is 9.96. The number of unbranched alkanes of at least 4 members (excludes halogenated alkanes) is 2. The van der Waals surface area contributed by atoms with Crippen LogP contribution in [0.1, 0.15) is 37.7 Å². The highest BCUT2D eigenvalue weighted by Crippen LogP contribution is 2.30. The van der Waals surface area contributed by atoms with Gasteiger partial charge in [-0.2, -0.15) is 0 Å². The molecule has 0 aromatic heterocycles. The third-order valence-electron chi connectivity index (χ3n) is 4.41. The number of aliphatic hydroxyl groups is 1. The standard InChI is InChI=1S/C20H26O4/c21-17-13-19(20-15-23-20)24-18(17)11-7-2-1-3-8-12-22-14-16-9-5-4-6-10-16/h4-6,9-10,17-21H,1,3,8,11-15H2/t17-,18-,19-,20+/m0/s1. The van der Waals surface area contributed by atoms with Gasteiger partial charge in [0.1, 0.15) is 6.10 Å². The predicted octanol–water partition coefficient (Wildman–Crippen LogP) is 2.68. The maximum absolute atomic E-state index is 9.96. The van der Waals surface area contributed by atoms with Gasteiger partial charge in [-0.1, -0.05) is 30.3 Å². The van der Waals surface area contributed by atoms with Crippen LogP contribution in [0, 0.1) is 11.8 Å². The topological polar surface area (TPSA) is 51.2 Å². The molecule has 0 saturated carbocycles. The summed E-state index contributed by atoms with van der Waals surface area (Å²) in [7, 11) is 0. The van der Waals surface area contributed by atoms with Gasteiger partial charge in [0.15, 0.2) is 0 Å². The maximum atomic E-state index is 9.96. The van der Waals surface area contributed by atoms with E-state index < -0.39 is 6.10 Å². The van der Waals surface area contributed by atoms with Gasteiger partial charge in [0.05, 0.1) is 31.5 Å². The zero-order chi connectivity index (χ0) is 16.6. The fourth-order valence-corrected chi connectivity index (χ4v) is 2.90. The molecule has 0 bridgehead atoms. The Morgan fingerprint density at radius 3 is 2.75 bits per heavy atom. The van der Waals surface area contributed by atoms with E-state index in [9.17, 15) is 5.11 Å². The molecule has 0 unspecified atom stereocenters. The Bertz CT molecular complexity index is 544. The van der Waals surface area contributed by atoms with Crippen molar-refractivity contribution in [3.63, 3.8) is 0 Å². The third kappa shape index (κ3) is 5.61. The van der Waals surface area contributed by atoms with Crippen LogP contribution in [0.4, 0.5) is 0 Å². The van der Waals surface area contributed by atoms with Crippen LogP contribution >= 0.6 is 0 Å². The minimum atomic E-state index is -0.403. The van der Waals surface area contributed by atoms with Gasteiger partial charge in [-0.15, -0.1) is 11.8 Å². The molecule has 1 aromatic rings. The van der Waals surface area contributed by atoms with Gasteiger partial charge < -0.3 is 19.3 Å². The first kappa shape index (κ1) is 17.4. The molecule has 2 aliphatic heterocycles. The van der Waals surface area contributed by atoms with E-state index in [1.165, 1.54) is 5.56 Å². The van der Waals surface area contributed by atoms with Gasteiger partial charge in [-0.05, 0) is 18.4 Å². The molecule has 0 aliphatic carbocycles. The Morgan fingerprint density at radius 2 is 1.96 bits per heavy atom. The van der Waals surface area contributed by atoms with E-state index in [1.807, 2.05) is 18.2 Å². The summed E-state index contributed by atoms with van der Waals surface area (Å²) in [5.74, 6) is 6.31. The zero-order valence-electron chi connectivity index (χ0n) is 14.0. The van der Waals surface area contributed by atoms with Crippen molar-refractivity contribution in [1.29, 1.82) is 0 Å². The molecule has 2 saturated heterocycles. The molecule has 4 nitrogen and oxygen atoms in total. The van der Waals surface area contributed by atoms with Crippen LogP contribution in [0.5, 0.6) is 0 Å². The molecule has 3 rings (SSSR count). The molecule has 0 spiro atoms. The highest BCUT2D eigenvalue weighted by Gasteiger charge is 2.43. The van der Waals surface area contributed by atoms with Crippen LogP contribution in [-0.4, -0.2) is 42.7 Å². The monoisotopic (exact) mass is 330 g/mol. The van der Waals surface area contributed by atoms with Gasteiger partial charge in [0.25, 0.3) is 0 Å². The quantitative estimate of drug-likeness (QED) is 0.452. The molecule has 0 amide bonds. The van der Waals surface area contributed by atoms with Gasteiger partial charge in [-0.3, -0.25) is 0 Å². The number of aliphatic hydroxyl groups excluding tert-OH is 1. The molecule has 4 atom stereocenters. The normalized spacial score (nSPS) is 28.4. The van der Waals surface area contributed by atoms with E-state index in [-0.39, 0.29) is 18.3 Å². The van der Waals surface area contributed by atoms with Gasteiger partial charge in [-0.25, -0.2) is 0 Å². The molecule has 2 aliphatic rings. The Kier molecular flexibility index (Phi) is 6.68. The summed E-state index contributed by atoms with van der Waals surface area (Å²) in [4.78, 5) is 0. The Morgan fingerprint density at radius 1 is 1.12 bits per heavy atom. The second-order valence-corrected chi connectivity index (χ2v) is 6.44. The molecule has 4 heteroatoms. The molecule has 130 valence electrons.